The SMILES string of the molecule is COc1ccc(C2(O)CCOCC2)cc1.COc1ccc(C2CCOCC2)cc1.I[I-]I. The van der Waals surface area contributed by atoms with E-state index >= 15 is 0 Å². The Hall–Kier alpha value is 0.110. The predicted molar refractivity (Wildman–Crippen MR) is 141 cm³/mol. The van der Waals surface area contributed by atoms with Gasteiger partial charge in [-0.3, -0.25) is 0 Å². The van der Waals surface area contributed by atoms with Crippen molar-refractivity contribution in [3.05, 3.63) is 59.7 Å². The van der Waals surface area contributed by atoms with Crippen molar-refractivity contribution in [3.63, 3.8) is 0 Å². The molecule has 4 rings (SSSR count). The molecule has 1 N–H and O–H groups in total. The minimum absolute atomic E-state index is 0.530. The molecular formula is C24H32I3O5-. The van der Waals surface area contributed by atoms with E-state index < -0.39 is 5.60 Å². The van der Waals surface area contributed by atoms with Crippen molar-refractivity contribution in [2.24, 2.45) is 0 Å². The average Bonchev–Trinajstić information content (AvgIpc) is 2.86. The van der Waals surface area contributed by atoms with E-state index in [0.29, 0.717) is 45.2 Å². The third-order valence-electron chi connectivity index (χ3n) is 5.76. The second-order valence-corrected chi connectivity index (χ2v) is 23.8. The second-order valence-electron chi connectivity index (χ2n) is 7.59. The Kier molecular flexibility index (Phi) is 14.1. The number of rotatable bonds is 4. The summed E-state index contributed by atoms with van der Waals surface area (Å²) >= 11 is 5.30. The van der Waals surface area contributed by atoms with Crippen molar-refractivity contribution in [1.82, 2.24) is 0 Å². The predicted octanol–water partition coefficient (Wildman–Crippen LogP) is 3.06. The first-order valence-corrected chi connectivity index (χ1v) is 23.2. The van der Waals surface area contributed by atoms with Gasteiger partial charge >= 0.3 is 50.5 Å². The molecule has 0 spiro atoms. The molecule has 180 valence electrons. The van der Waals surface area contributed by atoms with Gasteiger partial charge in [-0.25, -0.2) is 0 Å². The van der Waals surface area contributed by atoms with Crippen LogP contribution in [0.5, 0.6) is 11.5 Å². The summed E-state index contributed by atoms with van der Waals surface area (Å²) in [4.78, 5) is 0. The van der Waals surface area contributed by atoms with Gasteiger partial charge in [0.1, 0.15) is 11.5 Å². The van der Waals surface area contributed by atoms with Crippen LogP contribution in [0.25, 0.3) is 0 Å². The molecule has 2 aromatic carbocycles. The molecule has 2 aromatic rings. The Morgan fingerprint density at radius 3 is 1.72 bits per heavy atom. The first kappa shape index (κ1) is 28.3. The molecule has 0 saturated carbocycles. The van der Waals surface area contributed by atoms with Gasteiger partial charge in [0, 0.05) is 39.3 Å². The monoisotopic (exact) mass is 781 g/mol. The van der Waals surface area contributed by atoms with Gasteiger partial charge < -0.3 is 24.1 Å². The van der Waals surface area contributed by atoms with Crippen LogP contribution in [0.15, 0.2) is 48.5 Å². The van der Waals surface area contributed by atoms with Crippen LogP contribution in [0.1, 0.15) is 42.7 Å². The molecule has 2 heterocycles. The Balaban J connectivity index is 0.000000203. The zero-order chi connectivity index (χ0) is 23.2. The Bertz CT molecular complexity index is 743. The number of hydrogen-bond acceptors (Lipinski definition) is 5. The van der Waals surface area contributed by atoms with E-state index in [-0.39, 0.29) is 0 Å². The van der Waals surface area contributed by atoms with Crippen LogP contribution < -0.4 is 22.7 Å². The summed E-state index contributed by atoms with van der Waals surface area (Å²) in [7, 11) is 3.33. The van der Waals surface area contributed by atoms with Gasteiger partial charge in [-0.1, -0.05) is 24.3 Å². The molecule has 8 heteroatoms. The molecular weight excluding hydrogens is 749 g/mol. The number of ether oxygens (including phenoxy) is 4. The van der Waals surface area contributed by atoms with Gasteiger partial charge in [0.05, 0.1) is 19.8 Å². The van der Waals surface area contributed by atoms with Crippen LogP contribution in [0.3, 0.4) is 0 Å². The summed E-state index contributed by atoms with van der Waals surface area (Å²) in [6, 6.07) is 16.0. The van der Waals surface area contributed by atoms with Crippen LogP contribution in [0.4, 0.5) is 0 Å². The molecule has 2 saturated heterocycles. The molecule has 0 unspecified atom stereocenters. The average molecular weight is 781 g/mol. The van der Waals surface area contributed by atoms with Crippen LogP contribution in [0.2, 0.25) is 0 Å². The minimum atomic E-state index is -0.718. The van der Waals surface area contributed by atoms with Gasteiger partial charge in [-0.2, -0.15) is 0 Å². The molecule has 0 aliphatic carbocycles. The maximum absolute atomic E-state index is 10.4. The first-order valence-electron chi connectivity index (χ1n) is 10.6. The molecule has 0 radical (unpaired) electrons. The van der Waals surface area contributed by atoms with Gasteiger partial charge in [0.2, 0.25) is 0 Å². The third-order valence-corrected chi connectivity index (χ3v) is 5.76. The van der Waals surface area contributed by atoms with E-state index in [2.05, 4.69) is 49.4 Å². The number of aliphatic hydroxyl groups is 1. The molecule has 2 aliphatic rings. The molecule has 32 heavy (non-hydrogen) atoms. The maximum atomic E-state index is 10.4. The molecule has 0 atom stereocenters. The molecule has 0 amide bonds. The van der Waals surface area contributed by atoms with E-state index in [1.165, 1.54) is 5.56 Å². The molecule has 0 aromatic heterocycles. The third kappa shape index (κ3) is 9.40. The van der Waals surface area contributed by atoms with Gasteiger partial charge in [-0.05, 0) is 54.2 Å². The molecule has 5 nitrogen and oxygen atoms in total. The summed E-state index contributed by atoms with van der Waals surface area (Å²) in [5.74, 6) is 2.42. The van der Waals surface area contributed by atoms with Crippen LogP contribution >= 0.6 is 37.2 Å². The van der Waals surface area contributed by atoms with Gasteiger partial charge in [-0.15, -0.1) is 0 Å². The number of benzene rings is 2. The molecule has 2 fully saturated rings. The van der Waals surface area contributed by atoms with Crippen molar-refractivity contribution in [3.8, 4) is 11.5 Å². The first-order chi connectivity index (χ1) is 15.6. The summed E-state index contributed by atoms with van der Waals surface area (Å²) in [6.45, 7) is 3.05. The van der Waals surface area contributed by atoms with Crippen molar-refractivity contribution >= 4 is 37.2 Å². The summed E-state index contributed by atoms with van der Waals surface area (Å²) in [5, 5.41) is 10.4. The van der Waals surface area contributed by atoms with E-state index in [4.69, 9.17) is 18.9 Å². The standard InChI is InChI=1S/C12H16O3.C12H16O2.I3/c1-14-11-4-2-10(3-5-11)12(13)6-8-15-9-7-12;1-13-12-4-2-10(3-5-12)11-6-8-14-9-7-11;1-3-2/h2-5,13H,6-9H2,1H3;2-5,11H,6-9H2,1H3;/q;;-1. The van der Waals surface area contributed by atoms with Crippen molar-refractivity contribution in [1.29, 1.82) is 0 Å². The fourth-order valence-electron chi connectivity index (χ4n) is 3.81. The fraction of sp³-hybridized carbons (Fsp3) is 0.500. The second kappa shape index (κ2) is 15.9. The van der Waals surface area contributed by atoms with E-state index in [0.717, 1.165) is 43.1 Å². The quantitative estimate of drug-likeness (QED) is 0.485. The Morgan fingerprint density at radius 2 is 1.25 bits per heavy atom. The molecule has 2 aliphatic heterocycles. The van der Waals surface area contributed by atoms with Gasteiger partial charge in [0.25, 0.3) is 0 Å². The van der Waals surface area contributed by atoms with E-state index in [1.807, 2.05) is 36.4 Å². The van der Waals surface area contributed by atoms with Crippen LogP contribution in [-0.4, -0.2) is 45.8 Å². The number of halogens is 3. The van der Waals surface area contributed by atoms with Crippen LogP contribution in [0, 0.1) is 0 Å². The number of methoxy groups -OCH3 is 2. The van der Waals surface area contributed by atoms with Crippen molar-refractivity contribution in [2.75, 3.05) is 40.6 Å². The Labute approximate surface area is 221 Å². The van der Waals surface area contributed by atoms with E-state index in [1.54, 1.807) is 14.2 Å². The normalized spacial score (nSPS) is 17.9. The zero-order valence-electron chi connectivity index (χ0n) is 18.6. The fourth-order valence-corrected chi connectivity index (χ4v) is 3.81. The van der Waals surface area contributed by atoms with Crippen molar-refractivity contribution in [2.45, 2.75) is 37.2 Å². The molecule has 0 bridgehead atoms. The summed E-state index contributed by atoms with van der Waals surface area (Å²) < 4.78 is 20.8. The van der Waals surface area contributed by atoms with Gasteiger partial charge in [0.15, 0.2) is 0 Å². The van der Waals surface area contributed by atoms with Crippen LogP contribution in [-0.2, 0) is 15.1 Å². The zero-order valence-corrected chi connectivity index (χ0v) is 25.0. The number of hydrogen-bond donors (Lipinski definition) is 1. The Morgan fingerprint density at radius 1 is 0.812 bits per heavy atom. The topological polar surface area (TPSA) is 57.2 Å². The van der Waals surface area contributed by atoms with E-state index in [9.17, 15) is 5.11 Å². The summed E-state index contributed by atoms with van der Waals surface area (Å²) in [5.41, 5.74) is 1.64. The summed E-state index contributed by atoms with van der Waals surface area (Å²) in [6.07, 6.45) is 3.62. The van der Waals surface area contributed by atoms with Crippen molar-refractivity contribution < 1.29 is 37.3 Å².